The quantitative estimate of drug-likeness (QED) is 0.817. The maximum absolute atomic E-state index is 13.1. The Morgan fingerprint density at radius 2 is 2.35 bits per heavy atom. The van der Waals surface area contributed by atoms with E-state index in [0.29, 0.717) is 23.2 Å². The number of hydrogen-bond donors (Lipinski definition) is 2. The first-order valence-corrected chi connectivity index (χ1v) is 5.95. The summed E-state index contributed by atoms with van der Waals surface area (Å²) in [5.41, 5.74) is 1.23. The normalized spacial score (nSPS) is 29.9. The fourth-order valence-corrected chi connectivity index (χ4v) is 2.57. The maximum Gasteiger partial charge on any atom is 0.229 e. The molecule has 17 heavy (non-hydrogen) atoms. The third-order valence-corrected chi connectivity index (χ3v) is 3.72. The standard InChI is InChI=1S/C13H15FN2O/c1-7-4-8(2-3-11(7)14)16-13(17)10-6-15-12-5-9(10)12/h2-4,9-10,12,15H,5-6H2,1H3,(H,16,17). The van der Waals surface area contributed by atoms with Crippen LogP contribution >= 0.6 is 0 Å². The number of rotatable bonds is 2. The minimum Gasteiger partial charge on any atom is -0.326 e. The minimum absolute atomic E-state index is 0.0495. The van der Waals surface area contributed by atoms with Crippen LogP contribution in [0, 0.1) is 24.6 Å². The first kappa shape index (κ1) is 10.7. The van der Waals surface area contributed by atoms with Crippen LogP contribution in [-0.4, -0.2) is 18.5 Å². The zero-order valence-corrected chi connectivity index (χ0v) is 9.66. The Labute approximate surface area is 99.4 Å². The summed E-state index contributed by atoms with van der Waals surface area (Å²) >= 11 is 0. The van der Waals surface area contributed by atoms with Crippen LogP contribution in [0.2, 0.25) is 0 Å². The van der Waals surface area contributed by atoms with Crippen LogP contribution in [0.1, 0.15) is 12.0 Å². The van der Waals surface area contributed by atoms with Crippen LogP contribution < -0.4 is 10.6 Å². The molecule has 1 aliphatic carbocycles. The molecule has 1 heterocycles. The average Bonchev–Trinajstić information content (AvgIpc) is 2.95. The molecular formula is C13H15FN2O. The molecule has 0 aromatic heterocycles. The van der Waals surface area contributed by atoms with Crippen LogP contribution in [-0.2, 0) is 4.79 Å². The molecular weight excluding hydrogens is 219 g/mol. The predicted octanol–water partition coefficient (Wildman–Crippen LogP) is 1.68. The molecule has 90 valence electrons. The number of amides is 1. The molecule has 3 rings (SSSR count). The van der Waals surface area contributed by atoms with Crippen molar-refractivity contribution in [3.63, 3.8) is 0 Å². The highest BCUT2D eigenvalue weighted by atomic mass is 19.1. The Balaban J connectivity index is 1.69. The summed E-state index contributed by atoms with van der Waals surface area (Å²) in [4.78, 5) is 12.0. The van der Waals surface area contributed by atoms with Gasteiger partial charge in [0.1, 0.15) is 5.82 Å². The summed E-state index contributed by atoms with van der Waals surface area (Å²) in [5, 5.41) is 6.17. The van der Waals surface area contributed by atoms with Crippen molar-refractivity contribution >= 4 is 11.6 Å². The van der Waals surface area contributed by atoms with Gasteiger partial charge in [0.05, 0.1) is 5.92 Å². The molecule has 1 saturated heterocycles. The van der Waals surface area contributed by atoms with Crippen molar-refractivity contribution in [1.29, 1.82) is 0 Å². The monoisotopic (exact) mass is 234 g/mol. The smallest absolute Gasteiger partial charge is 0.229 e. The lowest BCUT2D eigenvalue weighted by molar-refractivity contribution is -0.119. The number of fused-ring (bicyclic) bond motifs is 1. The van der Waals surface area contributed by atoms with Gasteiger partial charge in [-0.05, 0) is 43.0 Å². The molecule has 2 aliphatic rings. The number of benzene rings is 1. The second-order valence-electron chi connectivity index (χ2n) is 4.97. The first-order chi connectivity index (χ1) is 8.15. The summed E-state index contributed by atoms with van der Waals surface area (Å²) < 4.78 is 13.1. The largest absolute Gasteiger partial charge is 0.326 e. The van der Waals surface area contributed by atoms with Gasteiger partial charge < -0.3 is 10.6 Å². The van der Waals surface area contributed by atoms with E-state index < -0.39 is 0 Å². The van der Waals surface area contributed by atoms with Crippen molar-refractivity contribution in [3.8, 4) is 0 Å². The Kier molecular flexibility index (Phi) is 2.40. The maximum atomic E-state index is 13.1. The molecule has 1 aromatic rings. The van der Waals surface area contributed by atoms with E-state index in [1.165, 1.54) is 6.07 Å². The molecule has 2 N–H and O–H groups in total. The van der Waals surface area contributed by atoms with Gasteiger partial charge in [-0.3, -0.25) is 4.79 Å². The van der Waals surface area contributed by atoms with Crippen molar-refractivity contribution < 1.29 is 9.18 Å². The Bertz CT molecular complexity index is 474. The van der Waals surface area contributed by atoms with Gasteiger partial charge in [-0.2, -0.15) is 0 Å². The van der Waals surface area contributed by atoms with Gasteiger partial charge in [0, 0.05) is 18.3 Å². The third kappa shape index (κ3) is 1.93. The van der Waals surface area contributed by atoms with Crippen LogP contribution in [0.3, 0.4) is 0 Å². The lowest BCUT2D eigenvalue weighted by atomic mass is 10.0. The van der Waals surface area contributed by atoms with Gasteiger partial charge in [0.2, 0.25) is 5.91 Å². The lowest BCUT2D eigenvalue weighted by Gasteiger charge is -2.12. The van der Waals surface area contributed by atoms with Gasteiger partial charge in [-0.1, -0.05) is 0 Å². The Morgan fingerprint density at radius 1 is 1.53 bits per heavy atom. The second kappa shape index (κ2) is 3.81. The second-order valence-corrected chi connectivity index (χ2v) is 4.97. The van der Waals surface area contributed by atoms with Crippen molar-refractivity contribution in [2.24, 2.45) is 11.8 Å². The molecule has 0 bridgehead atoms. The zero-order valence-electron chi connectivity index (χ0n) is 9.66. The first-order valence-electron chi connectivity index (χ1n) is 5.95. The molecule has 1 amide bonds. The summed E-state index contributed by atoms with van der Waals surface area (Å²) in [6.07, 6.45) is 1.11. The highest BCUT2D eigenvalue weighted by Gasteiger charge is 2.50. The Hall–Kier alpha value is -1.42. The predicted molar refractivity (Wildman–Crippen MR) is 63.2 cm³/mol. The molecule has 3 atom stereocenters. The third-order valence-electron chi connectivity index (χ3n) is 3.72. The number of carbonyl (C=O) groups excluding carboxylic acids is 1. The van der Waals surface area contributed by atoms with Gasteiger partial charge in [-0.25, -0.2) is 4.39 Å². The molecule has 1 aromatic carbocycles. The number of piperidine rings is 1. The van der Waals surface area contributed by atoms with Crippen LogP contribution in [0.4, 0.5) is 10.1 Å². The topological polar surface area (TPSA) is 41.1 Å². The number of hydrogen-bond acceptors (Lipinski definition) is 2. The molecule has 0 radical (unpaired) electrons. The SMILES string of the molecule is Cc1cc(NC(=O)C2CNC3CC32)ccc1F. The van der Waals surface area contributed by atoms with Gasteiger partial charge in [0.15, 0.2) is 0 Å². The highest BCUT2D eigenvalue weighted by Crippen LogP contribution is 2.42. The number of nitrogens with one attached hydrogen (secondary N) is 2. The fourth-order valence-electron chi connectivity index (χ4n) is 2.57. The Morgan fingerprint density at radius 3 is 2.94 bits per heavy atom. The number of anilines is 1. The van der Waals surface area contributed by atoms with Crippen molar-refractivity contribution in [3.05, 3.63) is 29.6 Å². The molecule has 3 unspecified atom stereocenters. The van der Waals surface area contributed by atoms with Gasteiger partial charge in [-0.15, -0.1) is 0 Å². The number of halogens is 1. The average molecular weight is 234 g/mol. The van der Waals surface area contributed by atoms with Gasteiger partial charge >= 0.3 is 0 Å². The van der Waals surface area contributed by atoms with E-state index in [0.717, 1.165) is 13.0 Å². The van der Waals surface area contributed by atoms with Crippen LogP contribution in [0.5, 0.6) is 0 Å². The highest BCUT2D eigenvalue weighted by molar-refractivity contribution is 5.93. The number of aryl methyl sites for hydroxylation is 1. The van der Waals surface area contributed by atoms with Crippen molar-refractivity contribution in [1.82, 2.24) is 5.32 Å². The molecule has 0 spiro atoms. The molecule has 3 nitrogen and oxygen atoms in total. The van der Waals surface area contributed by atoms with E-state index in [-0.39, 0.29) is 17.6 Å². The van der Waals surface area contributed by atoms with Crippen LogP contribution in [0.25, 0.3) is 0 Å². The molecule has 2 fully saturated rings. The van der Waals surface area contributed by atoms with Crippen molar-refractivity contribution in [2.45, 2.75) is 19.4 Å². The lowest BCUT2D eigenvalue weighted by Crippen LogP contribution is -2.28. The zero-order chi connectivity index (χ0) is 12.0. The van der Waals surface area contributed by atoms with E-state index in [1.807, 2.05) is 0 Å². The summed E-state index contributed by atoms with van der Waals surface area (Å²) in [6, 6.07) is 5.21. The van der Waals surface area contributed by atoms with E-state index >= 15 is 0 Å². The minimum atomic E-state index is -0.243. The van der Waals surface area contributed by atoms with E-state index in [1.54, 1.807) is 19.1 Å². The molecule has 1 aliphatic heterocycles. The fraction of sp³-hybridized carbons (Fsp3) is 0.462. The summed E-state index contributed by atoms with van der Waals surface area (Å²) in [7, 11) is 0. The molecule has 4 heteroatoms. The van der Waals surface area contributed by atoms with E-state index in [2.05, 4.69) is 10.6 Å². The van der Waals surface area contributed by atoms with E-state index in [9.17, 15) is 9.18 Å². The van der Waals surface area contributed by atoms with Gasteiger partial charge in [0.25, 0.3) is 0 Å². The number of carbonyl (C=O) groups is 1. The van der Waals surface area contributed by atoms with E-state index in [4.69, 9.17) is 0 Å². The van der Waals surface area contributed by atoms with Crippen LogP contribution in [0.15, 0.2) is 18.2 Å². The summed E-state index contributed by atoms with van der Waals surface area (Å²) in [5.74, 6) is 0.392. The molecule has 1 saturated carbocycles. The van der Waals surface area contributed by atoms with Crippen molar-refractivity contribution in [2.75, 3.05) is 11.9 Å². The summed E-state index contributed by atoms with van der Waals surface area (Å²) in [6.45, 7) is 2.46.